The van der Waals surface area contributed by atoms with Crippen LogP contribution in [0.3, 0.4) is 0 Å². The van der Waals surface area contributed by atoms with Gasteiger partial charge in [0.15, 0.2) is 0 Å². The number of halogens is 1. The van der Waals surface area contributed by atoms with Crippen LogP contribution in [-0.2, 0) is 16.1 Å². The lowest BCUT2D eigenvalue weighted by Gasteiger charge is -2.33. The summed E-state index contributed by atoms with van der Waals surface area (Å²) in [6, 6.07) is 8.27. The number of benzene rings is 1. The van der Waals surface area contributed by atoms with Gasteiger partial charge in [-0.1, -0.05) is 18.6 Å². The molecule has 4 nitrogen and oxygen atoms in total. The molecule has 25 heavy (non-hydrogen) atoms. The number of nitrogens with zero attached hydrogens (tertiary/aromatic N) is 2. The van der Waals surface area contributed by atoms with E-state index >= 15 is 0 Å². The molecule has 1 atom stereocenters. The zero-order valence-corrected chi connectivity index (χ0v) is 14.5. The molecule has 1 aromatic carbocycles. The highest BCUT2D eigenvalue weighted by Gasteiger charge is 2.29. The molecule has 0 aliphatic carbocycles. The van der Waals surface area contributed by atoms with Crippen molar-refractivity contribution in [3.63, 3.8) is 0 Å². The molecular formula is C20H23FN2O2. The summed E-state index contributed by atoms with van der Waals surface area (Å²) in [6.45, 7) is 3.78. The Morgan fingerprint density at radius 1 is 1.24 bits per heavy atom. The second-order valence-corrected chi connectivity index (χ2v) is 6.32. The highest BCUT2D eigenvalue weighted by molar-refractivity contribution is 5.75. The average molecular weight is 342 g/mol. The van der Waals surface area contributed by atoms with Crippen LogP contribution in [0.5, 0.6) is 0 Å². The minimum atomic E-state index is -0.251. The van der Waals surface area contributed by atoms with Crippen molar-refractivity contribution >= 4 is 5.97 Å². The van der Waals surface area contributed by atoms with Crippen LogP contribution in [0.2, 0.25) is 0 Å². The number of carbonyl (C=O) groups excluding carboxylic acids is 1. The Bertz CT molecular complexity index is 718. The third kappa shape index (κ3) is 4.42. The van der Waals surface area contributed by atoms with E-state index in [1.54, 1.807) is 18.3 Å². The van der Waals surface area contributed by atoms with E-state index in [-0.39, 0.29) is 17.8 Å². The standard InChI is InChI=1S/C20H23FN2O2/c1-2-25-20(24)19-5-3-4-10-23(19)14-15-11-17(13-22-12-15)16-6-8-18(21)9-7-16/h6-9,11-13,19H,2-5,10,14H2,1H3. The number of pyridine rings is 1. The zero-order valence-electron chi connectivity index (χ0n) is 14.5. The number of carbonyl (C=O) groups is 1. The van der Waals surface area contributed by atoms with Gasteiger partial charge < -0.3 is 4.74 Å². The van der Waals surface area contributed by atoms with Crippen LogP contribution in [-0.4, -0.2) is 35.0 Å². The number of piperidine rings is 1. The Morgan fingerprint density at radius 2 is 2.04 bits per heavy atom. The Kier molecular flexibility index (Phi) is 5.76. The summed E-state index contributed by atoms with van der Waals surface area (Å²) in [5.41, 5.74) is 2.91. The van der Waals surface area contributed by atoms with E-state index in [9.17, 15) is 9.18 Å². The number of ether oxygens (including phenoxy) is 1. The lowest BCUT2D eigenvalue weighted by atomic mass is 10.0. The highest BCUT2D eigenvalue weighted by atomic mass is 19.1. The van der Waals surface area contributed by atoms with E-state index in [0.29, 0.717) is 13.2 Å². The van der Waals surface area contributed by atoms with Crippen LogP contribution in [0, 0.1) is 5.82 Å². The maximum atomic E-state index is 13.1. The normalized spacial score (nSPS) is 18.1. The van der Waals surface area contributed by atoms with Gasteiger partial charge in [-0.2, -0.15) is 0 Å². The summed E-state index contributed by atoms with van der Waals surface area (Å²) in [7, 11) is 0. The van der Waals surface area contributed by atoms with Crippen molar-refractivity contribution in [1.82, 2.24) is 9.88 Å². The van der Waals surface area contributed by atoms with Crippen LogP contribution < -0.4 is 0 Å². The molecule has 0 spiro atoms. The molecule has 0 N–H and O–H groups in total. The van der Waals surface area contributed by atoms with E-state index in [0.717, 1.165) is 42.5 Å². The van der Waals surface area contributed by atoms with Crippen molar-refractivity contribution in [2.75, 3.05) is 13.2 Å². The summed E-state index contributed by atoms with van der Waals surface area (Å²) in [4.78, 5) is 18.7. The van der Waals surface area contributed by atoms with Crippen LogP contribution in [0.15, 0.2) is 42.7 Å². The third-order valence-corrected chi connectivity index (χ3v) is 4.53. The van der Waals surface area contributed by atoms with Crippen LogP contribution in [0.1, 0.15) is 31.7 Å². The fourth-order valence-corrected chi connectivity index (χ4v) is 3.29. The van der Waals surface area contributed by atoms with E-state index in [4.69, 9.17) is 4.74 Å². The van der Waals surface area contributed by atoms with Gasteiger partial charge in [0, 0.05) is 24.5 Å². The Hall–Kier alpha value is -2.27. The quantitative estimate of drug-likeness (QED) is 0.775. The van der Waals surface area contributed by atoms with Crippen molar-refractivity contribution in [1.29, 1.82) is 0 Å². The van der Waals surface area contributed by atoms with Gasteiger partial charge in [0.1, 0.15) is 11.9 Å². The second kappa shape index (κ2) is 8.21. The lowest BCUT2D eigenvalue weighted by molar-refractivity contribution is -0.151. The van der Waals surface area contributed by atoms with Gasteiger partial charge in [-0.3, -0.25) is 14.7 Å². The van der Waals surface area contributed by atoms with E-state index in [2.05, 4.69) is 16.0 Å². The van der Waals surface area contributed by atoms with Crippen molar-refractivity contribution in [2.45, 2.75) is 38.8 Å². The largest absolute Gasteiger partial charge is 0.465 e. The smallest absolute Gasteiger partial charge is 0.323 e. The highest BCUT2D eigenvalue weighted by Crippen LogP contribution is 2.24. The Balaban J connectivity index is 1.76. The number of likely N-dealkylation sites (tertiary alicyclic amines) is 1. The summed E-state index contributed by atoms with van der Waals surface area (Å²) < 4.78 is 18.3. The molecular weight excluding hydrogens is 319 g/mol. The molecule has 2 heterocycles. The first-order valence-electron chi connectivity index (χ1n) is 8.78. The van der Waals surface area contributed by atoms with Crippen molar-refractivity contribution in [2.24, 2.45) is 0 Å². The van der Waals surface area contributed by atoms with Crippen LogP contribution in [0.25, 0.3) is 11.1 Å². The number of esters is 1. The molecule has 1 aliphatic heterocycles. The predicted molar refractivity (Wildman–Crippen MR) is 94.3 cm³/mol. The minimum absolute atomic E-state index is 0.134. The summed E-state index contributed by atoms with van der Waals surface area (Å²) in [5, 5.41) is 0. The topological polar surface area (TPSA) is 42.4 Å². The first-order valence-corrected chi connectivity index (χ1v) is 8.78. The molecule has 1 fully saturated rings. The molecule has 0 saturated carbocycles. The van der Waals surface area contributed by atoms with Gasteiger partial charge >= 0.3 is 5.97 Å². The average Bonchev–Trinajstić information content (AvgIpc) is 2.63. The molecule has 1 saturated heterocycles. The molecule has 3 rings (SSSR count). The monoisotopic (exact) mass is 342 g/mol. The van der Waals surface area contributed by atoms with Gasteiger partial charge in [0.05, 0.1) is 6.61 Å². The van der Waals surface area contributed by atoms with E-state index in [1.807, 2.05) is 13.1 Å². The van der Waals surface area contributed by atoms with Gasteiger partial charge in [0.2, 0.25) is 0 Å². The minimum Gasteiger partial charge on any atom is -0.465 e. The number of hydrogen-bond donors (Lipinski definition) is 0. The molecule has 5 heteroatoms. The predicted octanol–water partition coefficient (Wildman–Crippen LogP) is 3.81. The van der Waals surface area contributed by atoms with E-state index < -0.39 is 0 Å². The molecule has 2 aromatic rings. The molecule has 0 amide bonds. The molecule has 1 aromatic heterocycles. The van der Waals surface area contributed by atoms with Gasteiger partial charge in [-0.05, 0) is 55.6 Å². The number of aromatic nitrogens is 1. The maximum Gasteiger partial charge on any atom is 0.323 e. The van der Waals surface area contributed by atoms with E-state index in [1.165, 1.54) is 12.1 Å². The number of rotatable bonds is 5. The molecule has 0 radical (unpaired) electrons. The van der Waals surface area contributed by atoms with Gasteiger partial charge in [-0.15, -0.1) is 0 Å². The van der Waals surface area contributed by atoms with Crippen molar-refractivity contribution in [3.05, 3.63) is 54.1 Å². The molecule has 1 unspecified atom stereocenters. The Labute approximate surface area is 147 Å². The third-order valence-electron chi connectivity index (χ3n) is 4.53. The number of hydrogen-bond acceptors (Lipinski definition) is 4. The Morgan fingerprint density at radius 3 is 2.80 bits per heavy atom. The fraction of sp³-hybridized carbons (Fsp3) is 0.400. The lowest BCUT2D eigenvalue weighted by Crippen LogP contribution is -2.44. The molecule has 0 bridgehead atoms. The van der Waals surface area contributed by atoms with Gasteiger partial charge in [-0.25, -0.2) is 4.39 Å². The first-order chi connectivity index (χ1) is 12.2. The van der Waals surface area contributed by atoms with Crippen molar-refractivity contribution in [3.8, 4) is 11.1 Å². The SMILES string of the molecule is CCOC(=O)C1CCCCN1Cc1cncc(-c2ccc(F)cc2)c1. The van der Waals surface area contributed by atoms with Crippen LogP contribution in [0.4, 0.5) is 4.39 Å². The molecule has 1 aliphatic rings. The zero-order chi connectivity index (χ0) is 17.6. The molecule has 132 valence electrons. The fourth-order valence-electron chi connectivity index (χ4n) is 3.29. The maximum absolute atomic E-state index is 13.1. The summed E-state index contributed by atoms with van der Waals surface area (Å²) in [6.07, 6.45) is 6.57. The van der Waals surface area contributed by atoms with Crippen LogP contribution >= 0.6 is 0 Å². The summed E-state index contributed by atoms with van der Waals surface area (Å²) in [5.74, 6) is -0.386. The van der Waals surface area contributed by atoms with Crippen molar-refractivity contribution < 1.29 is 13.9 Å². The second-order valence-electron chi connectivity index (χ2n) is 6.32. The van der Waals surface area contributed by atoms with Gasteiger partial charge in [0.25, 0.3) is 0 Å². The first kappa shape index (κ1) is 17.5. The summed E-state index contributed by atoms with van der Waals surface area (Å²) >= 11 is 0.